The molecule has 7 heteroatoms. The monoisotopic (exact) mass is 339 g/mol. The zero-order chi connectivity index (χ0) is 17.1. The van der Waals surface area contributed by atoms with Crippen LogP contribution in [-0.4, -0.2) is 42.2 Å². The lowest BCUT2D eigenvalue weighted by molar-refractivity contribution is 0.0342. The zero-order valence-corrected chi connectivity index (χ0v) is 13.9. The molecule has 25 heavy (non-hydrogen) atoms. The average Bonchev–Trinajstić information content (AvgIpc) is 2.63. The van der Waals surface area contributed by atoms with Gasteiger partial charge in [0.2, 0.25) is 0 Å². The van der Waals surface area contributed by atoms with E-state index in [9.17, 15) is 4.79 Å². The summed E-state index contributed by atoms with van der Waals surface area (Å²) < 4.78 is 5.40. The first-order chi connectivity index (χ1) is 12.3. The molecule has 0 atom stereocenters. The van der Waals surface area contributed by atoms with Crippen LogP contribution in [0.1, 0.15) is 11.1 Å². The van der Waals surface area contributed by atoms with Gasteiger partial charge in [-0.05, 0) is 23.8 Å². The standard InChI is InChI=1S/C18H21N5O2/c24-18-20-11-15-16(4-5-19-17(15)22-18)21-14-3-1-2-13(10-14)12-23-6-8-25-9-7-23/h1-5,10H,6-9,11-12H2,(H3,19,20,21,22,24). The number of hydrogen-bond donors (Lipinski definition) is 3. The van der Waals surface area contributed by atoms with Crippen molar-refractivity contribution in [3.63, 3.8) is 0 Å². The van der Waals surface area contributed by atoms with Gasteiger partial charge >= 0.3 is 6.03 Å². The van der Waals surface area contributed by atoms with Crippen LogP contribution in [-0.2, 0) is 17.8 Å². The number of fused-ring (bicyclic) bond motifs is 1. The molecule has 0 unspecified atom stereocenters. The van der Waals surface area contributed by atoms with Gasteiger partial charge in [0.1, 0.15) is 5.82 Å². The van der Waals surface area contributed by atoms with Crippen molar-refractivity contribution in [3.05, 3.63) is 47.7 Å². The van der Waals surface area contributed by atoms with Crippen molar-refractivity contribution >= 4 is 23.2 Å². The van der Waals surface area contributed by atoms with Crippen molar-refractivity contribution in [2.45, 2.75) is 13.1 Å². The SMILES string of the molecule is O=C1NCc2c(Nc3cccc(CN4CCOCC4)c3)ccnc2N1. The summed E-state index contributed by atoms with van der Waals surface area (Å²) in [5.41, 5.74) is 4.19. The first-order valence-corrected chi connectivity index (χ1v) is 8.47. The molecule has 0 radical (unpaired) electrons. The fourth-order valence-electron chi connectivity index (χ4n) is 3.14. The van der Waals surface area contributed by atoms with E-state index in [1.807, 2.05) is 12.1 Å². The summed E-state index contributed by atoms with van der Waals surface area (Å²) in [6.07, 6.45) is 1.70. The van der Waals surface area contributed by atoms with Crippen molar-refractivity contribution in [2.75, 3.05) is 36.9 Å². The second-order valence-electron chi connectivity index (χ2n) is 6.21. The number of carbonyl (C=O) groups is 1. The summed E-state index contributed by atoms with van der Waals surface area (Å²) in [4.78, 5) is 18.1. The summed E-state index contributed by atoms with van der Waals surface area (Å²) in [6.45, 7) is 4.94. The molecule has 130 valence electrons. The molecule has 1 aromatic heterocycles. The normalized spacial score (nSPS) is 17.4. The Balaban J connectivity index is 1.50. The third-order valence-electron chi connectivity index (χ3n) is 4.43. The molecule has 3 N–H and O–H groups in total. The predicted molar refractivity (Wildman–Crippen MR) is 95.9 cm³/mol. The molecule has 2 aromatic rings. The molecule has 0 spiro atoms. The van der Waals surface area contributed by atoms with Crippen LogP contribution < -0.4 is 16.0 Å². The molecule has 7 nitrogen and oxygen atoms in total. The number of carbonyl (C=O) groups excluding carboxylic acids is 1. The average molecular weight is 339 g/mol. The van der Waals surface area contributed by atoms with Gasteiger partial charge in [-0.15, -0.1) is 0 Å². The third kappa shape index (κ3) is 3.72. The predicted octanol–water partition coefficient (Wildman–Crippen LogP) is 2.29. The molecule has 0 aliphatic carbocycles. The number of amides is 2. The van der Waals surface area contributed by atoms with Gasteiger partial charge < -0.3 is 15.4 Å². The molecule has 2 aliphatic rings. The summed E-state index contributed by atoms with van der Waals surface area (Å²) >= 11 is 0. The van der Waals surface area contributed by atoms with Gasteiger partial charge in [-0.2, -0.15) is 0 Å². The fourth-order valence-corrected chi connectivity index (χ4v) is 3.14. The Morgan fingerprint density at radius 1 is 1.24 bits per heavy atom. The first kappa shape index (κ1) is 15.9. The Morgan fingerprint density at radius 3 is 3.00 bits per heavy atom. The van der Waals surface area contributed by atoms with Gasteiger partial charge in [0.15, 0.2) is 0 Å². The van der Waals surface area contributed by atoms with Crippen molar-refractivity contribution in [3.8, 4) is 0 Å². The summed E-state index contributed by atoms with van der Waals surface area (Å²) in [6, 6.07) is 10.1. The maximum absolute atomic E-state index is 11.4. The maximum atomic E-state index is 11.4. The van der Waals surface area contributed by atoms with Crippen molar-refractivity contribution in [1.29, 1.82) is 0 Å². The van der Waals surface area contributed by atoms with Crippen molar-refractivity contribution in [1.82, 2.24) is 15.2 Å². The Labute approximate surface area is 146 Å². The highest BCUT2D eigenvalue weighted by Crippen LogP contribution is 2.27. The van der Waals surface area contributed by atoms with E-state index in [4.69, 9.17) is 4.74 Å². The number of morpholine rings is 1. The molecule has 1 fully saturated rings. The number of pyridine rings is 1. The van der Waals surface area contributed by atoms with E-state index in [0.29, 0.717) is 12.4 Å². The molecule has 4 rings (SSSR count). The number of nitrogens with one attached hydrogen (secondary N) is 3. The lowest BCUT2D eigenvalue weighted by atomic mass is 10.1. The highest BCUT2D eigenvalue weighted by molar-refractivity contribution is 5.92. The molecule has 2 aliphatic heterocycles. The first-order valence-electron chi connectivity index (χ1n) is 8.47. The molecule has 0 saturated carbocycles. The van der Waals surface area contributed by atoms with Crippen LogP contribution in [0.15, 0.2) is 36.5 Å². The van der Waals surface area contributed by atoms with Gasteiger partial charge in [0.25, 0.3) is 0 Å². The van der Waals surface area contributed by atoms with Crippen molar-refractivity contribution < 1.29 is 9.53 Å². The molecule has 1 saturated heterocycles. The maximum Gasteiger partial charge on any atom is 0.320 e. The van der Waals surface area contributed by atoms with Crippen molar-refractivity contribution in [2.24, 2.45) is 0 Å². The number of nitrogens with zero attached hydrogens (tertiary/aromatic N) is 2. The van der Waals surface area contributed by atoms with Crippen LogP contribution in [0.5, 0.6) is 0 Å². The van der Waals surface area contributed by atoms with Gasteiger partial charge in [-0.1, -0.05) is 12.1 Å². The quantitative estimate of drug-likeness (QED) is 0.797. The summed E-state index contributed by atoms with van der Waals surface area (Å²) in [7, 11) is 0. The molecule has 0 bridgehead atoms. The van der Waals surface area contributed by atoms with E-state index in [1.54, 1.807) is 6.20 Å². The Morgan fingerprint density at radius 2 is 2.12 bits per heavy atom. The van der Waals surface area contributed by atoms with Gasteiger partial charge in [-0.3, -0.25) is 10.2 Å². The van der Waals surface area contributed by atoms with Gasteiger partial charge in [-0.25, -0.2) is 9.78 Å². The van der Waals surface area contributed by atoms with Crippen LogP contribution in [0.3, 0.4) is 0 Å². The smallest absolute Gasteiger partial charge is 0.320 e. The molecule has 3 heterocycles. The summed E-state index contributed by atoms with van der Waals surface area (Å²) in [5.74, 6) is 0.609. The minimum Gasteiger partial charge on any atom is -0.379 e. The largest absolute Gasteiger partial charge is 0.379 e. The van der Waals surface area contributed by atoms with E-state index in [2.05, 4.69) is 44.0 Å². The number of aromatic nitrogens is 1. The van der Waals surface area contributed by atoms with Crippen LogP contribution in [0, 0.1) is 0 Å². The minimum absolute atomic E-state index is 0.218. The van der Waals surface area contributed by atoms with Gasteiger partial charge in [0, 0.05) is 42.8 Å². The number of urea groups is 1. The number of hydrogen-bond acceptors (Lipinski definition) is 5. The zero-order valence-electron chi connectivity index (χ0n) is 13.9. The van der Waals surface area contributed by atoms with Crippen LogP contribution in [0.4, 0.5) is 22.0 Å². The highest BCUT2D eigenvalue weighted by atomic mass is 16.5. The lowest BCUT2D eigenvalue weighted by Gasteiger charge is -2.26. The summed E-state index contributed by atoms with van der Waals surface area (Å²) in [5, 5.41) is 8.96. The Bertz CT molecular complexity index is 774. The van der Waals surface area contributed by atoms with Crippen LogP contribution >= 0.6 is 0 Å². The number of rotatable bonds is 4. The molecular formula is C18H21N5O2. The van der Waals surface area contributed by atoms with Crippen LogP contribution in [0.25, 0.3) is 0 Å². The minimum atomic E-state index is -0.218. The van der Waals surface area contributed by atoms with E-state index in [-0.39, 0.29) is 6.03 Å². The van der Waals surface area contributed by atoms with E-state index < -0.39 is 0 Å². The van der Waals surface area contributed by atoms with E-state index in [0.717, 1.165) is 49.8 Å². The number of benzene rings is 1. The number of anilines is 3. The number of ether oxygens (including phenoxy) is 1. The second kappa shape index (κ2) is 7.08. The lowest BCUT2D eigenvalue weighted by Crippen LogP contribution is -2.35. The fraction of sp³-hybridized carbons (Fsp3) is 0.333. The highest BCUT2D eigenvalue weighted by Gasteiger charge is 2.18. The van der Waals surface area contributed by atoms with E-state index >= 15 is 0 Å². The van der Waals surface area contributed by atoms with E-state index in [1.165, 1.54) is 5.56 Å². The topological polar surface area (TPSA) is 78.5 Å². The van der Waals surface area contributed by atoms with Crippen LogP contribution in [0.2, 0.25) is 0 Å². The molecule has 2 amide bonds. The molecule has 1 aromatic carbocycles. The second-order valence-corrected chi connectivity index (χ2v) is 6.21. The Hall–Kier alpha value is -2.64. The molecular weight excluding hydrogens is 318 g/mol. The Kier molecular flexibility index (Phi) is 4.49. The van der Waals surface area contributed by atoms with Gasteiger partial charge in [0.05, 0.1) is 19.8 Å². The third-order valence-corrected chi connectivity index (χ3v) is 4.43.